The fourth-order valence-electron chi connectivity index (χ4n) is 2.30. The van der Waals surface area contributed by atoms with E-state index in [0.717, 1.165) is 16.7 Å². The van der Waals surface area contributed by atoms with Crippen molar-refractivity contribution in [3.63, 3.8) is 0 Å². The molecule has 20 heavy (non-hydrogen) atoms. The van der Waals surface area contributed by atoms with Crippen LogP contribution in [-0.4, -0.2) is 17.1 Å². The van der Waals surface area contributed by atoms with Crippen molar-refractivity contribution in [3.8, 4) is 11.1 Å². The molecular formula is C16H18FNO2. The lowest BCUT2D eigenvalue weighted by atomic mass is 10.0. The van der Waals surface area contributed by atoms with E-state index in [1.807, 2.05) is 24.6 Å². The first-order valence-electron chi connectivity index (χ1n) is 6.71. The topological polar surface area (TPSA) is 31.2 Å². The number of hydrogen-bond donors (Lipinski definition) is 0. The largest absolute Gasteiger partial charge is 0.461 e. The summed E-state index contributed by atoms with van der Waals surface area (Å²) in [4.78, 5) is 12.0. The molecule has 0 unspecified atom stereocenters. The third-order valence-corrected chi connectivity index (χ3v) is 3.30. The quantitative estimate of drug-likeness (QED) is 0.795. The third kappa shape index (κ3) is 2.59. The Morgan fingerprint density at radius 1 is 1.25 bits per heavy atom. The first kappa shape index (κ1) is 14.3. The summed E-state index contributed by atoms with van der Waals surface area (Å²) >= 11 is 0. The minimum atomic E-state index is -0.319. The molecule has 1 heterocycles. The van der Waals surface area contributed by atoms with Gasteiger partial charge >= 0.3 is 5.97 Å². The lowest BCUT2D eigenvalue weighted by molar-refractivity contribution is 0.0513. The summed E-state index contributed by atoms with van der Waals surface area (Å²) in [6.45, 7) is 6.66. The van der Waals surface area contributed by atoms with Crippen LogP contribution < -0.4 is 0 Å². The molecule has 0 spiro atoms. The summed E-state index contributed by atoms with van der Waals surface area (Å²) in [6.07, 6.45) is 1.91. The number of carbonyl (C=O) groups excluding carboxylic acids is 1. The van der Waals surface area contributed by atoms with Crippen LogP contribution in [-0.2, 0) is 11.3 Å². The van der Waals surface area contributed by atoms with Crippen molar-refractivity contribution in [2.75, 3.05) is 6.61 Å². The van der Waals surface area contributed by atoms with Crippen LogP contribution in [0.5, 0.6) is 0 Å². The molecule has 0 aliphatic rings. The van der Waals surface area contributed by atoms with E-state index < -0.39 is 0 Å². The van der Waals surface area contributed by atoms with E-state index in [0.29, 0.717) is 18.8 Å². The number of rotatable bonds is 4. The molecule has 0 amide bonds. The van der Waals surface area contributed by atoms with Crippen LogP contribution in [0.2, 0.25) is 0 Å². The van der Waals surface area contributed by atoms with Crippen molar-refractivity contribution < 1.29 is 13.9 Å². The molecule has 4 heteroatoms. The summed E-state index contributed by atoms with van der Waals surface area (Å²) < 4.78 is 20.0. The lowest BCUT2D eigenvalue weighted by Gasteiger charge is -2.06. The summed E-state index contributed by atoms with van der Waals surface area (Å²) in [6, 6.07) is 6.27. The number of halogens is 1. The molecule has 0 radical (unpaired) electrons. The Balaban J connectivity index is 2.50. The Bertz CT molecular complexity index is 614. The average Bonchev–Trinajstić information content (AvgIpc) is 2.77. The number of benzene rings is 1. The van der Waals surface area contributed by atoms with Crippen LogP contribution in [0.25, 0.3) is 11.1 Å². The van der Waals surface area contributed by atoms with Crippen LogP contribution in [0, 0.1) is 12.7 Å². The zero-order valence-corrected chi connectivity index (χ0v) is 11.9. The van der Waals surface area contributed by atoms with Gasteiger partial charge < -0.3 is 9.30 Å². The molecular weight excluding hydrogens is 257 g/mol. The molecule has 2 rings (SSSR count). The molecule has 0 saturated carbocycles. The van der Waals surface area contributed by atoms with E-state index in [4.69, 9.17) is 4.74 Å². The molecule has 0 N–H and O–H groups in total. The van der Waals surface area contributed by atoms with Gasteiger partial charge in [0.1, 0.15) is 11.5 Å². The summed E-state index contributed by atoms with van der Waals surface area (Å²) in [5, 5.41) is 0. The predicted molar refractivity (Wildman–Crippen MR) is 76.2 cm³/mol. The molecule has 1 aromatic carbocycles. The fourth-order valence-corrected chi connectivity index (χ4v) is 2.30. The molecule has 0 fully saturated rings. The maximum absolute atomic E-state index is 13.0. The Hall–Kier alpha value is -2.10. The van der Waals surface area contributed by atoms with Crippen molar-refractivity contribution in [3.05, 3.63) is 47.5 Å². The normalized spacial score (nSPS) is 10.6. The van der Waals surface area contributed by atoms with E-state index in [9.17, 15) is 9.18 Å². The van der Waals surface area contributed by atoms with E-state index in [1.54, 1.807) is 19.1 Å². The second kappa shape index (κ2) is 5.90. The van der Waals surface area contributed by atoms with Gasteiger partial charge in [0.15, 0.2) is 0 Å². The van der Waals surface area contributed by atoms with E-state index in [1.165, 1.54) is 12.1 Å². The Morgan fingerprint density at radius 2 is 1.90 bits per heavy atom. The van der Waals surface area contributed by atoms with E-state index >= 15 is 0 Å². The highest BCUT2D eigenvalue weighted by Gasteiger charge is 2.20. The Labute approximate surface area is 118 Å². The summed E-state index contributed by atoms with van der Waals surface area (Å²) in [5.74, 6) is -0.591. The van der Waals surface area contributed by atoms with E-state index in [2.05, 4.69) is 0 Å². The van der Waals surface area contributed by atoms with Gasteiger partial charge in [0.25, 0.3) is 0 Å². The molecule has 106 valence electrons. The van der Waals surface area contributed by atoms with Gasteiger partial charge in [0.05, 0.1) is 6.61 Å². The van der Waals surface area contributed by atoms with Gasteiger partial charge in [-0.05, 0) is 44.0 Å². The Morgan fingerprint density at radius 3 is 2.45 bits per heavy atom. The SMILES string of the molecule is CCOC(=O)c1c(C)c(-c2ccc(F)cc2)cn1CC. The van der Waals surface area contributed by atoms with Crippen LogP contribution in [0.1, 0.15) is 29.9 Å². The third-order valence-electron chi connectivity index (χ3n) is 3.30. The van der Waals surface area contributed by atoms with Crippen LogP contribution >= 0.6 is 0 Å². The first-order chi connectivity index (χ1) is 9.58. The molecule has 0 saturated heterocycles. The average molecular weight is 275 g/mol. The van der Waals surface area contributed by atoms with Gasteiger partial charge in [0, 0.05) is 18.3 Å². The van der Waals surface area contributed by atoms with Crippen LogP contribution in [0.4, 0.5) is 4.39 Å². The van der Waals surface area contributed by atoms with Crippen LogP contribution in [0.15, 0.2) is 30.5 Å². The number of aromatic nitrogens is 1. The minimum absolute atomic E-state index is 0.271. The van der Waals surface area contributed by atoms with Crippen molar-refractivity contribution in [2.45, 2.75) is 27.3 Å². The maximum atomic E-state index is 13.0. The van der Waals surface area contributed by atoms with E-state index in [-0.39, 0.29) is 11.8 Å². The molecule has 0 atom stereocenters. The second-order valence-corrected chi connectivity index (χ2v) is 4.53. The molecule has 1 aromatic heterocycles. The monoisotopic (exact) mass is 275 g/mol. The first-order valence-corrected chi connectivity index (χ1v) is 6.71. The number of esters is 1. The number of aryl methyl sites for hydroxylation is 1. The highest BCUT2D eigenvalue weighted by Crippen LogP contribution is 2.28. The smallest absolute Gasteiger partial charge is 0.355 e. The highest BCUT2D eigenvalue weighted by atomic mass is 19.1. The number of carbonyl (C=O) groups is 1. The highest BCUT2D eigenvalue weighted by molar-refractivity contribution is 5.92. The molecule has 0 aliphatic carbocycles. The maximum Gasteiger partial charge on any atom is 0.355 e. The number of nitrogens with zero attached hydrogens (tertiary/aromatic N) is 1. The molecule has 2 aromatic rings. The van der Waals surface area contributed by atoms with Gasteiger partial charge in [-0.2, -0.15) is 0 Å². The molecule has 0 bridgehead atoms. The van der Waals surface area contributed by atoms with Crippen molar-refractivity contribution >= 4 is 5.97 Å². The minimum Gasteiger partial charge on any atom is -0.461 e. The molecule has 3 nitrogen and oxygen atoms in total. The summed E-state index contributed by atoms with van der Waals surface area (Å²) in [7, 11) is 0. The standard InChI is InChI=1S/C16H18FNO2/c1-4-18-10-14(12-6-8-13(17)9-7-12)11(3)15(18)16(19)20-5-2/h6-10H,4-5H2,1-3H3. The predicted octanol–water partition coefficient (Wildman–Crippen LogP) is 3.80. The van der Waals surface area contributed by atoms with Crippen LogP contribution in [0.3, 0.4) is 0 Å². The van der Waals surface area contributed by atoms with Crippen molar-refractivity contribution in [1.82, 2.24) is 4.57 Å². The molecule has 0 aliphatic heterocycles. The zero-order valence-electron chi connectivity index (χ0n) is 11.9. The van der Waals surface area contributed by atoms with Gasteiger partial charge in [-0.15, -0.1) is 0 Å². The zero-order chi connectivity index (χ0) is 14.7. The number of ether oxygens (including phenoxy) is 1. The van der Waals surface area contributed by atoms with Gasteiger partial charge in [-0.25, -0.2) is 9.18 Å². The number of hydrogen-bond acceptors (Lipinski definition) is 2. The van der Waals surface area contributed by atoms with Gasteiger partial charge in [-0.1, -0.05) is 12.1 Å². The van der Waals surface area contributed by atoms with Crippen molar-refractivity contribution in [1.29, 1.82) is 0 Å². The lowest BCUT2D eigenvalue weighted by Crippen LogP contribution is -2.12. The summed E-state index contributed by atoms with van der Waals surface area (Å²) in [5.41, 5.74) is 3.24. The second-order valence-electron chi connectivity index (χ2n) is 4.53. The van der Waals surface area contributed by atoms with Crippen molar-refractivity contribution in [2.24, 2.45) is 0 Å². The van der Waals surface area contributed by atoms with Gasteiger partial charge in [-0.3, -0.25) is 0 Å². The van der Waals surface area contributed by atoms with Gasteiger partial charge in [0.2, 0.25) is 0 Å². The Kier molecular flexibility index (Phi) is 4.23. The fraction of sp³-hybridized carbons (Fsp3) is 0.312.